The lowest BCUT2D eigenvalue weighted by Crippen LogP contribution is -2.42. The molecule has 23 heavy (non-hydrogen) atoms. The van der Waals surface area contributed by atoms with Crippen molar-refractivity contribution in [3.8, 4) is 0 Å². The summed E-state index contributed by atoms with van der Waals surface area (Å²) in [6.07, 6.45) is 1.28. The van der Waals surface area contributed by atoms with Crippen LogP contribution in [0.3, 0.4) is 0 Å². The molecule has 2 atom stereocenters. The number of likely N-dealkylation sites (N-methyl/N-ethyl adjacent to an activating group) is 2. The molecule has 0 aliphatic carbocycles. The molecule has 136 valence electrons. The minimum absolute atomic E-state index is 1.08. The fourth-order valence-corrected chi connectivity index (χ4v) is 3.30. The molecule has 0 aromatic rings. The predicted molar refractivity (Wildman–Crippen MR) is 98.2 cm³/mol. The van der Waals surface area contributed by atoms with Crippen molar-refractivity contribution in [2.45, 2.75) is 6.42 Å². The van der Waals surface area contributed by atoms with Crippen molar-refractivity contribution >= 4 is 0 Å². The zero-order valence-electron chi connectivity index (χ0n) is 15.4. The van der Waals surface area contributed by atoms with Gasteiger partial charge in [-0.25, -0.2) is 0 Å². The smallest absolute Gasteiger partial charge is 0.0110 e. The van der Waals surface area contributed by atoms with Crippen LogP contribution >= 0.6 is 0 Å². The second-order valence-electron chi connectivity index (χ2n) is 7.14. The van der Waals surface area contributed by atoms with Gasteiger partial charge in [-0.3, -0.25) is 4.90 Å². The SMILES string of the molecule is CN1CCCN2CCNCCNCCN(CC1)CCN(C)CC2. The molecule has 2 heterocycles. The first-order valence-corrected chi connectivity index (χ1v) is 9.47. The Hall–Kier alpha value is -0.240. The second-order valence-corrected chi connectivity index (χ2v) is 7.14. The predicted octanol–water partition coefficient (Wildman–Crippen LogP) is -0.949. The van der Waals surface area contributed by atoms with Gasteiger partial charge in [0.25, 0.3) is 0 Å². The summed E-state index contributed by atoms with van der Waals surface area (Å²) in [5.74, 6) is 0. The van der Waals surface area contributed by atoms with Crippen LogP contribution in [-0.2, 0) is 0 Å². The molecular formula is C17H38N6. The molecule has 6 nitrogen and oxygen atoms in total. The highest BCUT2D eigenvalue weighted by Gasteiger charge is 2.12. The highest BCUT2D eigenvalue weighted by Crippen LogP contribution is 1.99. The number of fused-ring (bicyclic) bond motifs is 6. The van der Waals surface area contributed by atoms with Crippen LogP contribution in [0, 0.1) is 0 Å². The summed E-state index contributed by atoms with van der Waals surface area (Å²) in [7, 11) is 4.55. The molecule has 2 bridgehead atoms. The molecule has 2 unspecified atom stereocenters. The van der Waals surface area contributed by atoms with Crippen molar-refractivity contribution in [3.63, 3.8) is 0 Å². The van der Waals surface area contributed by atoms with E-state index in [0.29, 0.717) is 0 Å². The summed E-state index contributed by atoms with van der Waals surface area (Å²) in [4.78, 5) is 10.3. The number of rotatable bonds is 0. The van der Waals surface area contributed by atoms with E-state index < -0.39 is 0 Å². The maximum Gasteiger partial charge on any atom is 0.0110 e. The standard InChI is InChI=1S/C17H38N6/c1-20-8-3-9-22-10-6-18-4-5-19-7-11-23(16-12-20)17-14-21(2)13-15-22/h18-19H,3-17H2,1-2H3. The van der Waals surface area contributed by atoms with Crippen molar-refractivity contribution in [1.82, 2.24) is 30.2 Å². The van der Waals surface area contributed by atoms with Gasteiger partial charge >= 0.3 is 0 Å². The first-order valence-electron chi connectivity index (χ1n) is 9.47. The lowest BCUT2D eigenvalue weighted by Gasteiger charge is -2.27. The Morgan fingerprint density at radius 1 is 0.478 bits per heavy atom. The first-order chi connectivity index (χ1) is 11.2. The van der Waals surface area contributed by atoms with Gasteiger partial charge in [-0.15, -0.1) is 0 Å². The summed E-state index contributed by atoms with van der Waals surface area (Å²) >= 11 is 0. The monoisotopic (exact) mass is 326 g/mol. The van der Waals surface area contributed by atoms with Gasteiger partial charge in [0.15, 0.2) is 0 Å². The molecule has 2 aliphatic heterocycles. The average Bonchev–Trinajstić information content (AvgIpc) is 2.54. The van der Waals surface area contributed by atoms with Crippen molar-refractivity contribution in [2.75, 3.05) is 106 Å². The van der Waals surface area contributed by atoms with Crippen LogP contribution in [-0.4, -0.2) is 125 Å². The van der Waals surface area contributed by atoms with Crippen LogP contribution in [0.15, 0.2) is 0 Å². The highest BCUT2D eigenvalue weighted by molar-refractivity contribution is 4.70. The summed E-state index contributed by atoms with van der Waals surface area (Å²) in [6, 6.07) is 0. The molecule has 2 saturated heterocycles. The molecule has 2 aliphatic rings. The summed E-state index contributed by atoms with van der Waals surface area (Å²) in [5.41, 5.74) is 0. The van der Waals surface area contributed by atoms with E-state index >= 15 is 0 Å². The maximum absolute atomic E-state index is 3.58. The van der Waals surface area contributed by atoms with E-state index in [-0.39, 0.29) is 0 Å². The Labute approximate surface area is 143 Å². The Morgan fingerprint density at radius 2 is 0.957 bits per heavy atom. The molecule has 0 amide bonds. The van der Waals surface area contributed by atoms with E-state index in [2.05, 4.69) is 44.3 Å². The largest absolute Gasteiger partial charge is 0.314 e. The molecule has 2 fully saturated rings. The van der Waals surface area contributed by atoms with E-state index in [1.165, 1.54) is 65.3 Å². The quantitative estimate of drug-likeness (QED) is 0.559. The molecule has 0 spiro atoms. The van der Waals surface area contributed by atoms with Crippen molar-refractivity contribution in [1.29, 1.82) is 0 Å². The van der Waals surface area contributed by atoms with E-state index in [1.807, 2.05) is 0 Å². The number of nitrogens with one attached hydrogen (secondary N) is 2. The fourth-order valence-electron chi connectivity index (χ4n) is 3.30. The van der Waals surface area contributed by atoms with Gasteiger partial charge in [-0.05, 0) is 33.6 Å². The maximum atomic E-state index is 3.58. The molecule has 2 N–H and O–H groups in total. The van der Waals surface area contributed by atoms with E-state index in [1.54, 1.807) is 0 Å². The average molecular weight is 327 g/mol. The number of hydrogen-bond acceptors (Lipinski definition) is 6. The van der Waals surface area contributed by atoms with Crippen molar-refractivity contribution in [3.05, 3.63) is 0 Å². The van der Waals surface area contributed by atoms with Crippen LogP contribution in [0.2, 0.25) is 0 Å². The Balaban J connectivity index is 1.99. The summed E-state index contributed by atoms with van der Waals surface area (Å²) in [5, 5.41) is 7.16. The third kappa shape index (κ3) is 8.42. The Kier molecular flexibility index (Phi) is 9.41. The topological polar surface area (TPSA) is 37.0 Å². The molecular weight excluding hydrogens is 288 g/mol. The van der Waals surface area contributed by atoms with Crippen LogP contribution in [0.1, 0.15) is 6.42 Å². The molecule has 0 radical (unpaired) electrons. The van der Waals surface area contributed by atoms with E-state index in [0.717, 1.165) is 32.7 Å². The Morgan fingerprint density at radius 3 is 1.52 bits per heavy atom. The van der Waals surface area contributed by atoms with Gasteiger partial charge in [0, 0.05) is 78.5 Å². The van der Waals surface area contributed by atoms with Gasteiger partial charge in [-0.1, -0.05) is 0 Å². The molecule has 0 aromatic carbocycles. The minimum atomic E-state index is 1.08. The highest BCUT2D eigenvalue weighted by atomic mass is 15.2. The summed E-state index contributed by atoms with van der Waals surface area (Å²) < 4.78 is 0. The van der Waals surface area contributed by atoms with Crippen LogP contribution in [0.4, 0.5) is 0 Å². The second kappa shape index (κ2) is 11.3. The third-order valence-electron chi connectivity index (χ3n) is 5.10. The van der Waals surface area contributed by atoms with Crippen LogP contribution in [0.5, 0.6) is 0 Å². The van der Waals surface area contributed by atoms with Gasteiger partial charge in [0.1, 0.15) is 0 Å². The molecule has 2 rings (SSSR count). The van der Waals surface area contributed by atoms with E-state index in [4.69, 9.17) is 0 Å². The lowest BCUT2D eigenvalue weighted by molar-refractivity contribution is 0.197. The van der Waals surface area contributed by atoms with Crippen LogP contribution < -0.4 is 10.6 Å². The normalized spacial score (nSPS) is 32.1. The zero-order valence-corrected chi connectivity index (χ0v) is 15.4. The zero-order chi connectivity index (χ0) is 16.3. The van der Waals surface area contributed by atoms with Gasteiger partial charge in [0.05, 0.1) is 0 Å². The lowest BCUT2D eigenvalue weighted by atomic mass is 10.3. The van der Waals surface area contributed by atoms with Crippen molar-refractivity contribution in [2.24, 2.45) is 0 Å². The molecule has 6 heteroatoms. The van der Waals surface area contributed by atoms with Gasteiger partial charge in [-0.2, -0.15) is 0 Å². The summed E-state index contributed by atoms with van der Waals surface area (Å²) in [6.45, 7) is 16.2. The van der Waals surface area contributed by atoms with Crippen LogP contribution in [0.25, 0.3) is 0 Å². The number of hydrogen-bond donors (Lipinski definition) is 2. The fraction of sp³-hybridized carbons (Fsp3) is 1.00. The van der Waals surface area contributed by atoms with Gasteiger partial charge < -0.3 is 25.3 Å². The first kappa shape index (κ1) is 19.1. The Bertz CT molecular complexity index is 301. The van der Waals surface area contributed by atoms with Crippen molar-refractivity contribution < 1.29 is 0 Å². The van der Waals surface area contributed by atoms with E-state index in [9.17, 15) is 0 Å². The van der Waals surface area contributed by atoms with Gasteiger partial charge in [0.2, 0.25) is 0 Å². The molecule has 0 aromatic heterocycles. The third-order valence-corrected chi connectivity index (χ3v) is 5.10. The number of nitrogens with zero attached hydrogens (tertiary/aromatic N) is 4. The molecule has 0 saturated carbocycles. The minimum Gasteiger partial charge on any atom is -0.314 e.